The van der Waals surface area contributed by atoms with Gasteiger partial charge in [0.15, 0.2) is 0 Å². The third-order valence-electron chi connectivity index (χ3n) is 16.9. The smallest absolute Gasteiger partial charge is 0.496 e. The molecule has 2 N–H and O–H groups in total. The Kier molecular flexibility index (Phi) is 27.8. The van der Waals surface area contributed by atoms with E-state index in [0.717, 1.165) is 133 Å². The number of rotatable bonds is 20. The molecule has 1 saturated heterocycles. The zero-order valence-electron chi connectivity index (χ0n) is 59.5. The van der Waals surface area contributed by atoms with Gasteiger partial charge in [0.1, 0.15) is 59.9 Å². The summed E-state index contributed by atoms with van der Waals surface area (Å²) in [6.07, 6.45) is 19.2. The number of para-hydroxylation sites is 2. The Morgan fingerprint density at radius 3 is 1.37 bits per heavy atom. The van der Waals surface area contributed by atoms with Crippen molar-refractivity contribution in [1.82, 2.24) is 48.6 Å². The first kappa shape index (κ1) is 79.5. The number of hydrogen-bond donors (Lipinski definition) is 2. The van der Waals surface area contributed by atoms with Crippen LogP contribution >= 0.6 is 109 Å². The fourth-order valence-electron chi connectivity index (χ4n) is 10.5. The molecule has 1 aliphatic rings. The minimum Gasteiger partial charge on any atom is -0.496 e. The van der Waals surface area contributed by atoms with E-state index in [1.807, 2.05) is 79.5 Å². The monoisotopic (exact) mass is 1880 g/mol. The molecule has 13 rings (SSSR count). The average molecular weight is 1890 g/mol. The average Bonchev–Trinajstić information content (AvgIpc) is 1.60. The lowest BCUT2D eigenvalue weighted by molar-refractivity contribution is 0.00578. The van der Waals surface area contributed by atoms with Crippen molar-refractivity contribution >= 4 is 201 Å². The summed E-state index contributed by atoms with van der Waals surface area (Å²) in [6, 6.07) is 32.0. The first-order chi connectivity index (χ1) is 47.3. The number of fused-ring (bicyclic) bond motifs is 5. The van der Waals surface area contributed by atoms with E-state index in [9.17, 15) is 0 Å². The Labute approximate surface area is 651 Å². The van der Waals surface area contributed by atoms with Gasteiger partial charge in [-0.05, 0) is 203 Å². The number of nitrogens with one attached hydrogen (secondary N) is 2. The van der Waals surface area contributed by atoms with Gasteiger partial charge in [0.2, 0.25) is 0 Å². The molecular weight excluding hydrogens is 1800 g/mol. The number of H-pyrrole nitrogens is 2. The minimum absolute atomic E-state index is 0.408. The van der Waals surface area contributed by atoms with Crippen LogP contribution in [0, 0.1) is 7.14 Å². The standard InChI is InChI=1S/C26H37BN2O4Si.C20H25BrN2O2Si.C13H18BrIN2OSi.C7H4BrIN2.C7H5BrN2/c1-25(2)26(3,4)33-27(32-25)19-15-21-22(20-11-9-10-12-23(20)30-5)17-29(24(21)28-16-19)18-31-13-14-34(6,7)8;1-24-19-8-6-5-7-16(19)18-13-23(14-25-9-10-26(2,3)4)20-17(18)11-15(21)12-22-20;1-19(2,3)5-4-18-9-17-8-12(15)11-6-10(14)7-16-13(11)17;8-4-1-5-6(9)3-11-7(5)10-2-4;8-6-3-5-1-2-9-7(5)10-4-6/h9-12,15-17H,13-14,18H2,1-8H3;5-8,11-13H,9-10,14H2,1-4H3;6-8H,4-5,9H2,1-3H3;1-3H,(H,10,11);1-4H,(H,9,10). The van der Waals surface area contributed by atoms with Crippen LogP contribution < -0.4 is 14.9 Å². The summed E-state index contributed by atoms with van der Waals surface area (Å²) in [6.45, 7) is 33.4. The molecule has 0 atom stereocenters. The summed E-state index contributed by atoms with van der Waals surface area (Å²) in [5, 5.41) is 5.57. The number of hydrogen-bond acceptors (Lipinski definition) is 12. The molecule has 530 valence electrons. The van der Waals surface area contributed by atoms with E-state index in [1.165, 1.54) is 24.0 Å². The lowest BCUT2D eigenvalue weighted by Gasteiger charge is -2.32. The molecule has 0 unspecified atom stereocenters. The van der Waals surface area contributed by atoms with Gasteiger partial charge in [-0.15, -0.1) is 0 Å². The summed E-state index contributed by atoms with van der Waals surface area (Å²) in [5.41, 5.74) is 8.96. The third-order valence-corrected chi connectivity index (χ3v) is 25.5. The van der Waals surface area contributed by atoms with Crippen molar-refractivity contribution in [2.24, 2.45) is 0 Å². The molecule has 100 heavy (non-hydrogen) atoms. The van der Waals surface area contributed by atoms with E-state index in [2.05, 4.69) is 294 Å². The first-order valence-corrected chi connectivity index (χ1v) is 49.4. The number of aromatic amines is 2. The van der Waals surface area contributed by atoms with Crippen molar-refractivity contribution in [3.8, 4) is 33.8 Å². The summed E-state index contributed by atoms with van der Waals surface area (Å²) in [4.78, 5) is 28.3. The van der Waals surface area contributed by atoms with Crippen LogP contribution in [0.4, 0.5) is 0 Å². The molecule has 10 aromatic heterocycles. The van der Waals surface area contributed by atoms with E-state index in [1.54, 1.807) is 26.6 Å². The van der Waals surface area contributed by atoms with Crippen LogP contribution in [0.2, 0.25) is 77.1 Å². The Morgan fingerprint density at radius 1 is 0.470 bits per heavy atom. The highest BCUT2D eigenvalue weighted by Crippen LogP contribution is 2.40. The maximum absolute atomic E-state index is 6.29. The van der Waals surface area contributed by atoms with Crippen molar-refractivity contribution in [3.63, 3.8) is 0 Å². The van der Waals surface area contributed by atoms with Crippen LogP contribution in [-0.4, -0.2) is 125 Å². The molecule has 0 aliphatic carbocycles. The predicted octanol–water partition coefficient (Wildman–Crippen LogP) is 21.1. The Morgan fingerprint density at radius 2 is 0.880 bits per heavy atom. The normalized spacial score (nSPS) is 13.6. The molecule has 27 heteroatoms. The van der Waals surface area contributed by atoms with Gasteiger partial charge >= 0.3 is 7.12 Å². The third kappa shape index (κ3) is 21.5. The van der Waals surface area contributed by atoms with Crippen LogP contribution in [-0.2, 0) is 43.7 Å². The lowest BCUT2D eigenvalue weighted by atomic mass is 9.79. The maximum atomic E-state index is 6.29. The molecule has 0 spiro atoms. The van der Waals surface area contributed by atoms with E-state index >= 15 is 0 Å². The fourth-order valence-corrected chi connectivity index (χ4v) is 15.4. The molecular formula is C73H89BBr4I2N10O7Si3. The highest BCUT2D eigenvalue weighted by atomic mass is 127. The number of nitrogens with zero attached hydrogens (tertiary/aromatic N) is 8. The quantitative estimate of drug-likeness (QED) is 0.0420. The number of halogens is 6. The number of benzene rings is 2. The second-order valence-corrected chi connectivity index (χ2v) is 51.8. The van der Waals surface area contributed by atoms with E-state index < -0.39 is 42.5 Å². The highest BCUT2D eigenvalue weighted by Gasteiger charge is 2.52. The largest absolute Gasteiger partial charge is 0.496 e. The van der Waals surface area contributed by atoms with E-state index in [-0.39, 0.29) is 0 Å². The molecule has 1 fully saturated rings. The summed E-state index contributed by atoms with van der Waals surface area (Å²) in [7, 11) is -0.316. The molecule has 0 radical (unpaired) electrons. The lowest BCUT2D eigenvalue weighted by Crippen LogP contribution is -2.41. The van der Waals surface area contributed by atoms with Gasteiger partial charge in [0.25, 0.3) is 0 Å². The van der Waals surface area contributed by atoms with Crippen LogP contribution in [0.25, 0.3) is 77.4 Å². The molecule has 17 nitrogen and oxygen atoms in total. The van der Waals surface area contributed by atoms with Gasteiger partial charge in [-0.25, -0.2) is 24.9 Å². The van der Waals surface area contributed by atoms with Crippen LogP contribution in [0.1, 0.15) is 27.7 Å². The van der Waals surface area contributed by atoms with E-state index in [0.29, 0.717) is 20.2 Å². The molecule has 0 bridgehead atoms. The summed E-state index contributed by atoms with van der Waals surface area (Å²) >= 11 is 18.3. The predicted molar refractivity (Wildman–Crippen MR) is 450 cm³/mol. The van der Waals surface area contributed by atoms with Gasteiger partial charge < -0.3 is 56.7 Å². The Balaban J connectivity index is 0.000000156. The minimum atomic E-state index is -1.15. The highest BCUT2D eigenvalue weighted by molar-refractivity contribution is 14.1. The van der Waals surface area contributed by atoms with Crippen molar-refractivity contribution in [1.29, 1.82) is 0 Å². The SMILES string of the molecule is Brc1cnc2[nH]cc(I)c2c1.Brc1cnc2[nH]ccc2c1.COc1ccccc1-c1cn(COCC[Si](C)(C)C)c2ncc(B3OC(C)(C)C(C)(C)O3)cc12.COc1ccccc1-c1cn(COCC[Si](C)(C)C)c2ncc(Br)cc12.C[Si](C)(C)CCOCn1cc(I)c2cc(Br)cnc21. The van der Waals surface area contributed by atoms with Gasteiger partial charge in [-0.2, -0.15) is 0 Å². The Bertz CT molecular complexity index is 4710. The Hall–Kier alpha value is -4.61. The van der Waals surface area contributed by atoms with E-state index in [4.69, 9.17) is 38.0 Å². The van der Waals surface area contributed by atoms with Gasteiger partial charge in [-0.1, -0.05) is 95.3 Å². The number of aromatic nitrogens is 10. The van der Waals surface area contributed by atoms with Gasteiger partial charge in [-0.3, -0.25) is 0 Å². The molecule has 0 amide bonds. The number of pyridine rings is 5. The number of ether oxygens (including phenoxy) is 5. The van der Waals surface area contributed by atoms with Crippen LogP contribution in [0.5, 0.6) is 11.5 Å². The second kappa shape index (κ2) is 35.0. The number of methoxy groups -OCH3 is 2. The summed E-state index contributed by atoms with van der Waals surface area (Å²) < 4.78 is 54.3. The van der Waals surface area contributed by atoms with Crippen molar-refractivity contribution in [3.05, 3.63) is 172 Å². The zero-order chi connectivity index (χ0) is 72.3. The molecule has 1 aliphatic heterocycles. The van der Waals surface area contributed by atoms with Crippen LogP contribution in [0.3, 0.4) is 0 Å². The maximum Gasteiger partial charge on any atom is 0.496 e. The second-order valence-electron chi connectivity index (χ2n) is 28.9. The summed E-state index contributed by atoms with van der Waals surface area (Å²) in [5.74, 6) is 1.67. The zero-order valence-corrected chi connectivity index (χ0v) is 73.2. The molecule has 11 heterocycles. The van der Waals surface area contributed by atoms with Crippen LogP contribution in [0.15, 0.2) is 165 Å². The van der Waals surface area contributed by atoms with Gasteiger partial charge in [0.05, 0.1) is 25.4 Å². The van der Waals surface area contributed by atoms with Crippen molar-refractivity contribution in [2.45, 2.75) is 136 Å². The van der Waals surface area contributed by atoms with Gasteiger partial charge in [0, 0.05) is 186 Å². The molecule has 2 aromatic carbocycles. The van der Waals surface area contributed by atoms with Crippen molar-refractivity contribution in [2.75, 3.05) is 34.0 Å². The first-order valence-electron chi connectivity index (χ1n) is 33.0. The molecule has 12 aromatic rings. The molecule has 0 saturated carbocycles. The topological polar surface area (TPSA) is 175 Å². The fraction of sp³-hybridized carbons (Fsp3) is 0.356. The van der Waals surface area contributed by atoms with Crippen molar-refractivity contribution < 1.29 is 33.0 Å².